The van der Waals surface area contributed by atoms with Gasteiger partial charge in [0.05, 0.1) is 7.11 Å². The Balaban J connectivity index is 0.00000242. The minimum atomic E-state index is -3.57. The average Bonchev–Trinajstić information content (AvgIpc) is 2.37. The summed E-state index contributed by atoms with van der Waals surface area (Å²) in [6, 6.07) is 3.88. The molecule has 2 unspecified atom stereocenters. The van der Waals surface area contributed by atoms with Gasteiger partial charge in [-0.2, -0.15) is 0 Å². The highest BCUT2D eigenvalue weighted by atomic mass is 35.5. The van der Waals surface area contributed by atoms with Gasteiger partial charge in [0, 0.05) is 12.1 Å². The second kappa shape index (κ2) is 7.64. The van der Waals surface area contributed by atoms with Gasteiger partial charge in [-0.05, 0) is 57.4 Å². The Morgan fingerprint density at radius 1 is 1.32 bits per heavy atom. The molecule has 1 fully saturated rings. The Morgan fingerprint density at radius 3 is 2.59 bits per heavy atom. The number of hydrogen-bond acceptors (Lipinski definition) is 4. The third-order valence-corrected chi connectivity index (χ3v) is 5.35. The maximum absolute atomic E-state index is 12.7. The molecule has 1 saturated heterocycles. The summed E-state index contributed by atoms with van der Waals surface area (Å²) in [5, 5.41) is 3.32. The van der Waals surface area contributed by atoms with Crippen molar-refractivity contribution in [2.24, 2.45) is 0 Å². The van der Waals surface area contributed by atoms with Crippen LogP contribution in [0.2, 0.25) is 0 Å². The number of piperidine rings is 1. The molecule has 1 aliphatic rings. The lowest BCUT2D eigenvalue weighted by Gasteiger charge is -2.28. The summed E-state index contributed by atoms with van der Waals surface area (Å²) < 4.78 is 33.5. The molecule has 0 spiro atoms. The van der Waals surface area contributed by atoms with E-state index in [4.69, 9.17) is 4.74 Å². The van der Waals surface area contributed by atoms with E-state index in [0.717, 1.165) is 30.5 Å². The zero-order valence-electron chi connectivity index (χ0n) is 13.5. The van der Waals surface area contributed by atoms with Gasteiger partial charge in [-0.25, -0.2) is 13.1 Å². The molecule has 1 aromatic rings. The van der Waals surface area contributed by atoms with Gasteiger partial charge in [0.15, 0.2) is 0 Å². The van der Waals surface area contributed by atoms with E-state index < -0.39 is 10.0 Å². The molecule has 0 radical (unpaired) electrons. The van der Waals surface area contributed by atoms with Crippen LogP contribution in [0.3, 0.4) is 0 Å². The van der Waals surface area contributed by atoms with Crippen LogP contribution in [0.1, 0.15) is 30.9 Å². The van der Waals surface area contributed by atoms with Gasteiger partial charge in [0.2, 0.25) is 10.0 Å². The van der Waals surface area contributed by atoms with Crippen molar-refractivity contribution in [3.05, 3.63) is 23.3 Å². The summed E-state index contributed by atoms with van der Waals surface area (Å²) >= 11 is 0. The Kier molecular flexibility index (Phi) is 6.67. The van der Waals surface area contributed by atoms with Crippen molar-refractivity contribution >= 4 is 22.4 Å². The van der Waals surface area contributed by atoms with Gasteiger partial charge in [0.25, 0.3) is 0 Å². The molecule has 7 heteroatoms. The number of aryl methyl sites for hydroxylation is 2. The number of halogens is 1. The van der Waals surface area contributed by atoms with E-state index in [9.17, 15) is 8.42 Å². The van der Waals surface area contributed by atoms with E-state index in [1.54, 1.807) is 6.07 Å². The zero-order valence-corrected chi connectivity index (χ0v) is 15.1. The van der Waals surface area contributed by atoms with Gasteiger partial charge in [-0.3, -0.25) is 0 Å². The molecule has 126 valence electrons. The van der Waals surface area contributed by atoms with Crippen LogP contribution >= 0.6 is 12.4 Å². The largest absolute Gasteiger partial charge is 0.495 e. The zero-order chi connectivity index (χ0) is 15.6. The van der Waals surface area contributed by atoms with Crippen molar-refractivity contribution in [2.75, 3.05) is 13.7 Å². The van der Waals surface area contributed by atoms with Crippen LogP contribution in [0.15, 0.2) is 17.0 Å². The molecular formula is C15H25ClN2O3S. The van der Waals surface area contributed by atoms with E-state index >= 15 is 0 Å². The van der Waals surface area contributed by atoms with Crippen molar-refractivity contribution in [3.63, 3.8) is 0 Å². The molecule has 1 heterocycles. The fourth-order valence-electron chi connectivity index (χ4n) is 2.90. The number of ether oxygens (including phenoxy) is 1. The standard InChI is InChI=1S/C15H24N2O3S.ClH/c1-10-7-11(2)15(20-4)14(8-10)21(18,19)17-13-5-6-16-12(3)9-13;/h7-8,12-13,16-17H,5-6,9H2,1-4H3;1H. The summed E-state index contributed by atoms with van der Waals surface area (Å²) in [6.07, 6.45) is 1.60. The molecule has 2 atom stereocenters. The Labute approximate surface area is 139 Å². The number of sulfonamides is 1. The summed E-state index contributed by atoms with van der Waals surface area (Å²) in [5.74, 6) is 0.426. The van der Waals surface area contributed by atoms with Gasteiger partial charge >= 0.3 is 0 Å². The Hall–Kier alpha value is -0.820. The summed E-state index contributed by atoms with van der Waals surface area (Å²) in [5.41, 5.74) is 1.74. The fraction of sp³-hybridized carbons (Fsp3) is 0.600. The third kappa shape index (κ3) is 4.35. The quantitative estimate of drug-likeness (QED) is 0.875. The van der Waals surface area contributed by atoms with E-state index in [0.29, 0.717) is 11.8 Å². The first-order valence-electron chi connectivity index (χ1n) is 7.24. The maximum Gasteiger partial charge on any atom is 0.244 e. The summed E-state index contributed by atoms with van der Waals surface area (Å²) in [6.45, 7) is 6.64. The van der Waals surface area contributed by atoms with Crippen molar-refractivity contribution in [1.82, 2.24) is 10.0 Å². The van der Waals surface area contributed by atoms with Crippen molar-refractivity contribution < 1.29 is 13.2 Å². The van der Waals surface area contributed by atoms with Crippen LogP contribution in [0, 0.1) is 13.8 Å². The second-order valence-corrected chi connectivity index (χ2v) is 7.49. The molecule has 0 saturated carbocycles. The van der Waals surface area contributed by atoms with Gasteiger partial charge in [0.1, 0.15) is 10.6 Å². The fourth-order valence-corrected chi connectivity index (χ4v) is 4.51. The summed E-state index contributed by atoms with van der Waals surface area (Å²) in [4.78, 5) is 0.230. The first-order chi connectivity index (χ1) is 9.83. The highest BCUT2D eigenvalue weighted by molar-refractivity contribution is 7.89. The minimum Gasteiger partial charge on any atom is -0.495 e. The number of hydrogen-bond donors (Lipinski definition) is 2. The molecule has 1 aromatic carbocycles. The SMILES string of the molecule is COc1c(C)cc(C)cc1S(=O)(=O)NC1CCNC(C)C1.Cl. The normalized spacial score (nSPS) is 22.0. The van der Waals surface area contributed by atoms with Crippen molar-refractivity contribution in [2.45, 2.75) is 50.6 Å². The lowest BCUT2D eigenvalue weighted by Crippen LogP contribution is -2.46. The average molecular weight is 349 g/mol. The Morgan fingerprint density at radius 2 is 2.00 bits per heavy atom. The van der Waals surface area contributed by atoms with Gasteiger partial charge in [-0.15, -0.1) is 12.4 Å². The highest BCUT2D eigenvalue weighted by Gasteiger charge is 2.27. The van der Waals surface area contributed by atoms with Crippen LogP contribution in [0.5, 0.6) is 5.75 Å². The predicted octanol–water partition coefficient (Wildman–Crippen LogP) is 2.15. The highest BCUT2D eigenvalue weighted by Crippen LogP contribution is 2.29. The van der Waals surface area contributed by atoms with Crippen LogP contribution in [-0.2, 0) is 10.0 Å². The third-order valence-electron chi connectivity index (χ3n) is 3.82. The van der Waals surface area contributed by atoms with Crippen molar-refractivity contribution in [1.29, 1.82) is 0 Å². The van der Waals surface area contributed by atoms with E-state index in [2.05, 4.69) is 17.0 Å². The molecule has 0 aliphatic carbocycles. The van der Waals surface area contributed by atoms with Crippen molar-refractivity contribution in [3.8, 4) is 5.75 Å². The molecule has 2 N–H and O–H groups in total. The Bertz CT molecular complexity index is 619. The first kappa shape index (κ1) is 19.2. The topological polar surface area (TPSA) is 67.4 Å². The number of benzene rings is 1. The lowest BCUT2D eigenvalue weighted by molar-refractivity contribution is 0.360. The number of nitrogens with one attached hydrogen (secondary N) is 2. The molecule has 5 nitrogen and oxygen atoms in total. The number of rotatable bonds is 4. The van der Waals surface area contributed by atoms with E-state index in [1.165, 1.54) is 7.11 Å². The summed E-state index contributed by atoms with van der Waals surface area (Å²) in [7, 11) is -2.07. The smallest absolute Gasteiger partial charge is 0.244 e. The monoisotopic (exact) mass is 348 g/mol. The molecule has 0 bridgehead atoms. The molecular weight excluding hydrogens is 324 g/mol. The van der Waals surface area contributed by atoms with Crippen LogP contribution in [0.4, 0.5) is 0 Å². The number of methoxy groups -OCH3 is 1. The minimum absolute atomic E-state index is 0. The molecule has 0 amide bonds. The first-order valence-corrected chi connectivity index (χ1v) is 8.72. The second-order valence-electron chi connectivity index (χ2n) is 5.81. The predicted molar refractivity (Wildman–Crippen MR) is 90.5 cm³/mol. The van der Waals surface area contributed by atoms with Gasteiger partial charge in [-0.1, -0.05) is 6.07 Å². The molecule has 1 aliphatic heterocycles. The molecule has 22 heavy (non-hydrogen) atoms. The van der Waals surface area contributed by atoms with E-state index in [1.807, 2.05) is 19.9 Å². The van der Waals surface area contributed by atoms with Crippen LogP contribution in [0.25, 0.3) is 0 Å². The van der Waals surface area contributed by atoms with Crippen LogP contribution in [-0.4, -0.2) is 34.2 Å². The van der Waals surface area contributed by atoms with E-state index in [-0.39, 0.29) is 23.3 Å². The maximum atomic E-state index is 12.7. The molecule has 0 aromatic heterocycles. The van der Waals surface area contributed by atoms with Gasteiger partial charge < -0.3 is 10.1 Å². The lowest BCUT2D eigenvalue weighted by atomic mass is 10.0. The van der Waals surface area contributed by atoms with Crippen LogP contribution < -0.4 is 14.8 Å². The molecule has 2 rings (SSSR count).